The number of carbonyl (C=O) groups is 4. The first-order valence-electron chi connectivity index (χ1n) is 6.45. The van der Waals surface area contributed by atoms with E-state index in [4.69, 9.17) is 21.1 Å². The lowest BCUT2D eigenvalue weighted by molar-refractivity contribution is -0.138. The summed E-state index contributed by atoms with van der Waals surface area (Å²) in [4.78, 5) is 45.4. The number of nitrogens with two attached hydrogens (primary N) is 1. The molecule has 0 rings (SSSR count). The molecule has 3 amide bonds. The molecule has 0 radical (unpaired) electrons. The summed E-state index contributed by atoms with van der Waals surface area (Å²) in [5.41, 5.74) is 5.28. The van der Waals surface area contributed by atoms with Gasteiger partial charge in [0.1, 0.15) is 24.7 Å². The number of nitrogens with one attached hydrogen (secondary N) is 3. The smallest absolute Gasteiger partial charge is 0.322 e. The molecule has 0 heterocycles. The van der Waals surface area contributed by atoms with Crippen LogP contribution in [0.5, 0.6) is 0 Å². The fourth-order valence-corrected chi connectivity index (χ4v) is 1.57. The normalized spacial score (nSPS) is 14.3. The van der Waals surface area contributed by atoms with Crippen molar-refractivity contribution >= 4 is 36.3 Å². The lowest BCUT2D eigenvalue weighted by Crippen LogP contribution is -2.57. The van der Waals surface area contributed by atoms with Crippen molar-refractivity contribution in [2.75, 3.05) is 25.5 Å². The van der Waals surface area contributed by atoms with E-state index in [0.29, 0.717) is 0 Å². The van der Waals surface area contributed by atoms with Gasteiger partial charge in [0, 0.05) is 5.75 Å². The quantitative estimate of drug-likeness (QED) is 0.180. The fourth-order valence-electron chi connectivity index (χ4n) is 1.31. The average molecular weight is 352 g/mol. The van der Waals surface area contributed by atoms with Gasteiger partial charge in [0.2, 0.25) is 17.7 Å². The Morgan fingerprint density at radius 2 is 1.52 bits per heavy atom. The minimum atomic E-state index is -1.40. The number of carbonyl (C=O) groups excluding carboxylic acids is 3. The lowest BCUT2D eigenvalue weighted by Gasteiger charge is -2.21. The van der Waals surface area contributed by atoms with E-state index in [-0.39, 0.29) is 5.75 Å². The largest absolute Gasteiger partial charge is 0.480 e. The molecule has 0 aliphatic carbocycles. The van der Waals surface area contributed by atoms with Crippen LogP contribution in [0.15, 0.2) is 0 Å². The van der Waals surface area contributed by atoms with Crippen LogP contribution in [0.2, 0.25) is 0 Å². The zero-order valence-electron chi connectivity index (χ0n) is 12.1. The van der Waals surface area contributed by atoms with Crippen molar-refractivity contribution in [2.45, 2.75) is 18.1 Å². The molecule has 0 bridgehead atoms. The van der Waals surface area contributed by atoms with E-state index in [1.165, 1.54) is 0 Å². The van der Waals surface area contributed by atoms with Crippen molar-refractivity contribution in [3.05, 3.63) is 0 Å². The van der Waals surface area contributed by atoms with Gasteiger partial charge in [-0.15, -0.1) is 0 Å². The Hall–Kier alpha value is -1.89. The van der Waals surface area contributed by atoms with E-state index in [1.54, 1.807) is 0 Å². The molecular formula is C11H20N4O7S. The molecule has 3 unspecified atom stereocenters. The number of rotatable bonds is 10. The number of carboxylic acid groups (broad SMARTS) is 1. The summed E-state index contributed by atoms with van der Waals surface area (Å²) >= 11 is 3.88. The summed E-state index contributed by atoms with van der Waals surface area (Å²) in [7, 11) is 0. The van der Waals surface area contributed by atoms with Crippen LogP contribution in [-0.2, 0) is 19.2 Å². The minimum absolute atomic E-state index is 0.134. The van der Waals surface area contributed by atoms with Crippen molar-refractivity contribution in [1.29, 1.82) is 0 Å². The predicted octanol–water partition coefficient (Wildman–Crippen LogP) is -4.60. The first kappa shape index (κ1) is 21.1. The number of hydrogen-bond acceptors (Lipinski definition) is 8. The van der Waals surface area contributed by atoms with Crippen LogP contribution in [0.4, 0.5) is 0 Å². The van der Waals surface area contributed by atoms with Crippen molar-refractivity contribution in [3.8, 4) is 0 Å². The molecule has 0 aromatic carbocycles. The van der Waals surface area contributed by atoms with Crippen LogP contribution in [0.25, 0.3) is 0 Å². The number of thiol groups is 1. The third-order valence-corrected chi connectivity index (χ3v) is 2.94. The highest BCUT2D eigenvalue weighted by molar-refractivity contribution is 7.80. The molecular weight excluding hydrogens is 332 g/mol. The van der Waals surface area contributed by atoms with E-state index < -0.39 is 61.6 Å². The Bertz CT molecular complexity index is 448. The number of hydrogen-bond donors (Lipinski definition) is 8. The van der Waals surface area contributed by atoms with Crippen molar-refractivity contribution in [3.63, 3.8) is 0 Å². The molecule has 0 aliphatic rings. The third-order valence-electron chi connectivity index (χ3n) is 2.58. The standard InChI is InChI=1S/C11H20N4O7S/c12-5(2-16)9(20)15-7(4-23)11(22)14-6(3-17)10(21)13-1-8(18)19/h5-7,16-17,23H,1-4,12H2,(H,13,21)(H,14,22)(H,15,20)(H,18,19). The Labute approximate surface area is 137 Å². The Morgan fingerprint density at radius 1 is 0.957 bits per heavy atom. The Balaban J connectivity index is 4.67. The Kier molecular flexibility index (Phi) is 9.89. The van der Waals surface area contributed by atoms with Crippen molar-refractivity contribution < 1.29 is 34.5 Å². The van der Waals surface area contributed by atoms with Crippen LogP contribution in [0.3, 0.4) is 0 Å². The minimum Gasteiger partial charge on any atom is -0.480 e. The van der Waals surface area contributed by atoms with Crippen LogP contribution < -0.4 is 21.7 Å². The van der Waals surface area contributed by atoms with Gasteiger partial charge in [-0.25, -0.2) is 0 Å². The molecule has 0 fully saturated rings. The highest BCUT2D eigenvalue weighted by Crippen LogP contribution is 1.93. The highest BCUT2D eigenvalue weighted by atomic mass is 32.1. The zero-order valence-corrected chi connectivity index (χ0v) is 13.0. The van der Waals surface area contributed by atoms with Crippen LogP contribution in [0.1, 0.15) is 0 Å². The Morgan fingerprint density at radius 3 is 1.96 bits per heavy atom. The topological polar surface area (TPSA) is 191 Å². The highest BCUT2D eigenvalue weighted by Gasteiger charge is 2.26. The fraction of sp³-hybridized carbons (Fsp3) is 0.636. The van der Waals surface area contributed by atoms with Crippen molar-refractivity contribution in [1.82, 2.24) is 16.0 Å². The molecule has 0 aliphatic heterocycles. The summed E-state index contributed by atoms with van der Waals surface area (Å²) in [6.07, 6.45) is 0. The monoisotopic (exact) mass is 352 g/mol. The first-order chi connectivity index (χ1) is 10.8. The second kappa shape index (κ2) is 10.8. The molecule has 0 saturated carbocycles. The third kappa shape index (κ3) is 7.78. The van der Waals surface area contributed by atoms with E-state index in [0.717, 1.165) is 0 Å². The van der Waals surface area contributed by atoms with Gasteiger partial charge in [-0.2, -0.15) is 12.6 Å². The number of aliphatic hydroxyl groups excluding tert-OH is 2. The van der Waals surface area contributed by atoms with Gasteiger partial charge in [-0.05, 0) is 0 Å². The van der Waals surface area contributed by atoms with Gasteiger partial charge in [-0.3, -0.25) is 19.2 Å². The maximum atomic E-state index is 11.9. The summed E-state index contributed by atoms with van der Waals surface area (Å²) in [5.74, 6) is -3.95. The van der Waals surface area contributed by atoms with Crippen molar-refractivity contribution in [2.24, 2.45) is 5.73 Å². The van der Waals surface area contributed by atoms with E-state index in [1.807, 2.05) is 5.32 Å². The molecule has 23 heavy (non-hydrogen) atoms. The van der Waals surface area contributed by atoms with Gasteiger partial charge < -0.3 is 37.0 Å². The molecule has 8 N–H and O–H groups in total. The maximum Gasteiger partial charge on any atom is 0.322 e. The summed E-state index contributed by atoms with van der Waals surface area (Å²) in [6.45, 7) is -2.08. The van der Waals surface area contributed by atoms with Crippen LogP contribution >= 0.6 is 12.6 Å². The summed E-state index contributed by atoms with van der Waals surface area (Å²) < 4.78 is 0. The van der Waals surface area contributed by atoms with Gasteiger partial charge in [0.25, 0.3) is 0 Å². The number of aliphatic carboxylic acids is 1. The van der Waals surface area contributed by atoms with E-state index >= 15 is 0 Å². The molecule has 0 saturated heterocycles. The van der Waals surface area contributed by atoms with Gasteiger partial charge in [-0.1, -0.05) is 0 Å². The van der Waals surface area contributed by atoms with Gasteiger partial charge in [0.05, 0.1) is 13.2 Å². The van der Waals surface area contributed by atoms with E-state index in [9.17, 15) is 19.2 Å². The van der Waals surface area contributed by atoms with E-state index in [2.05, 4.69) is 23.3 Å². The molecule has 11 nitrogen and oxygen atoms in total. The SMILES string of the molecule is NC(CO)C(=O)NC(CS)C(=O)NC(CO)C(=O)NCC(=O)O. The lowest BCUT2D eigenvalue weighted by atomic mass is 10.2. The van der Waals surface area contributed by atoms with Crippen LogP contribution in [0, 0.1) is 0 Å². The molecule has 132 valence electrons. The number of aliphatic hydroxyl groups is 2. The second-order valence-electron chi connectivity index (χ2n) is 4.39. The number of amides is 3. The second-order valence-corrected chi connectivity index (χ2v) is 4.75. The molecule has 0 aromatic rings. The molecule has 3 atom stereocenters. The first-order valence-corrected chi connectivity index (χ1v) is 7.08. The average Bonchev–Trinajstić information content (AvgIpc) is 2.53. The van der Waals surface area contributed by atoms with Crippen LogP contribution in [-0.4, -0.2) is 82.6 Å². The number of carboxylic acids is 1. The molecule has 0 spiro atoms. The molecule has 0 aromatic heterocycles. The summed E-state index contributed by atoms with van der Waals surface area (Å²) in [6, 6.07) is -3.78. The summed E-state index contributed by atoms with van der Waals surface area (Å²) in [5, 5.41) is 32.6. The zero-order chi connectivity index (χ0) is 18.0. The maximum absolute atomic E-state index is 11.9. The van der Waals surface area contributed by atoms with Gasteiger partial charge >= 0.3 is 5.97 Å². The molecule has 12 heteroatoms. The predicted molar refractivity (Wildman–Crippen MR) is 80.5 cm³/mol. The van der Waals surface area contributed by atoms with Gasteiger partial charge in [0.15, 0.2) is 0 Å².